The molecule has 0 unspecified atom stereocenters. The molecule has 4 heteroatoms. The summed E-state index contributed by atoms with van der Waals surface area (Å²) in [5.41, 5.74) is 1.19. The quantitative estimate of drug-likeness (QED) is 0.579. The number of ether oxygens (including phenoxy) is 1. The average Bonchev–Trinajstić information content (AvgIpc) is 2.34. The normalized spacial score (nSPS) is 12.4. The van der Waals surface area contributed by atoms with Crippen LogP contribution in [0, 0.1) is 0 Å². The van der Waals surface area contributed by atoms with Crippen molar-refractivity contribution in [3.05, 3.63) is 29.8 Å². The molecule has 0 amide bonds. The van der Waals surface area contributed by atoms with Crippen LogP contribution in [0.1, 0.15) is 5.56 Å². The number of aliphatic hydroxyl groups excluding tert-OH is 2. The van der Waals surface area contributed by atoms with Gasteiger partial charge < -0.3 is 20.3 Å². The van der Waals surface area contributed by atoms with E-state index in [4.69, 9.17) is 14.9 Å². The maximum Gasteiger partial charge on any atom is 0.119 e. The molecule has 0 fully saturated rings. The van der Waals surface area contributed by atoms with Crippen molar-refractivity contribution in [3.8, 4) is 5.75 Å². The van der Waals surface area contributed by atoms with Crippen LogP contribution < -0.4 is 10.1 Å². The fraction of sp³-hybridized carbons (Fsp3) is 0.500. The highest BCUT2D eigenvalue weighted by atomic mass is 16.5. The maximum absolute atomic E-state index is 9.10. The highest BCUT2D eigenvalue weighted by Crippen LogP contribution is 2.12. The summed E-state index contributed by atoms with van der Waals surface area (Å²) >= 11 is 0. The summed E-state index contributed by atoms with van der Waals surface area (Å²) in [5, 5.41) is 20.8. The summed E-state index contributed by atoms with van der Waals surface area (Å²) in [5.74, 6) is 0.855. The first-order valence-electron chi connectivity index (χ1n) is 5.39. The van der Waals surface area contributed by atoms with Crippen LogP contribution in [-0.4, -0.2) is 43.1 Å². The standard InChI is InChI=1S/C12H19NO3/c1-16-12-4-2-3-10(7-12)5-6-13-8-11(15)9-14/h2-4,7,11,13-15H,5-6,8-9H2,1H3/t11-/m0/s1. The number of nitrogens with one attached hydrogen (secondary N) is 1. The first kappa shape index (κ1) is 13.0. The van der Waals surface area contributed by atoms with Crippen molar-refractivity contribution in [2.24, 2.45) is 0 Å². The first-order valence-corrected chi connectivity index (χ1v) is 5.39. The molecule has 90 valence electrons. The zero-order valence-corrected chi connectivity index (χ0v) is 9.52. The van der Waals surface area contributed by atoms with Crippen molar-refractivity contribution in [2.75, 3.05) is 26.8 Å². The largest absolute Gasteiger partial charge is 0.497 e. The van der Waals surface area contributed by atoms with Gasteiger partial charge in [0, 0.05) is 6.54 Å². The summed E-state index contributed by atoms with van der Waals surface area (Å²) < 4.78 is 5.12. The lowest BCUT2D eigenvalue weighted by Crippen LogP contribution is -2.30. The zero-order valence-electron chi connectivity index (χ0n) is 9.52. The molecule has 0 spiro atoms. The molecule has 0 aliphatic heterocycles. The van der Waals surface area contributed by atoms with Gasteiger partial charge in [-0.25, -0.2) is 0 Å². The Hall–Kier alpha value is -1.10. The Morgan fingerprint density at radius 1 is 1.44 bits per heavy atom. The number of rotatable bonds is 7. The summed E-state index contributed by atoms with van der Waals surface area (Å²) in [6, 6.07) is 7.89. The predicted molar refractivity (Wildman–Crippen MR) is 62.7 cm³/mol. The highest BCUT2D eigenvalue weighted by molar-refractivity contribution is 5.28. The van der Waals surface area contributed by atoms with Crippen LogP contribution >= 0.6 is 0 Å². The Balaban J connectivity index is 2.26. The minimum absolute atomic E-state index is 0.202. The average molecular weight is 225 g/mol. The molecular weight excluding hydrogens is 206 g/mol. The number of methoxy groups -OCH3 is 1. The molecule has 0 aliphatic rings. The second kappa shape index (κ2) is 7.22. The van der Waals surface area contributed by atoms with E-state index in [1.807, 2.05) is 24.3 Å². The lowest BCUT2D eigenvalue weighted by molar-refractivity contribution is 0.0947. The van der Waals surface area contributed by atoms with E-state index in [2.05, 4.69) is 5.32 Å². The third-order valence-electron chi connectivity index (χ3n) is 2.32. The van der Waals surface area contributed by atoms with E-state index in [-0.39, 0.29) is 6.61 Å². The molecule has 1 atom stereocenters. The Labute approximate surface area is 95.9 Å². The highest BCUT2D eigenvalue weighted by Gasteiger charge is 2.00. The maximum atomic E-state index is 9.10. The van der Waals surface area contributed by atoms with Gasteiger partial charge in [0.15, 0.2) is 0 Å². The molecule has 1 rings (SSSR count). The van der Waals surface area contributed by atoms with Gasteiger partial charge in [0.25, 0.3) is 0 Å². The van der Waals surface area contributed by atoms with Crippen LogP contribution in [0.5, 0.6) is 5.75 Å². The molecule has 4 nitrogen and oxygen atoms in total. The van der Waals surface area contributed by atoms with Crippen LogP contribution in [0.25, 0.3) is 0 Å². The van der Waals surface area contributed by atoms with Gasteiger partial charge in [-0.3, -0.25) is 0 Å². The molecule has 0 bridgehead atoms. The molecule has 0 radical (unpaired) electrons. The second-order valence-electron chi connectivity index (χ2n) is 3.64. The smallest absolute Gasteiger partial charge is 0.119 e. The molecule has 0 heterocycles. The first-order chi connectivity index (χ1) is 7.76. The van der Waals surface area contributed by atoms with Crippen LogP contribution in [0.2, 0.25) is 0 Å². The van der Waals surface area contributed by atoms with Crippen molar-refractivity contribution in [3.63, 3.8) is 0 Å². The van der Waals surface area contributed by atoms with Crippen LogP contribution in [0.4, 0.5) is 0 Å². The molecule has 0 saturated heterocycles. The number of hydrogen-bond acceptors (Lipinski definition) is 4. The minimum atomic E-state index is -0.676. The Morgan fingerprint density at radius 2 is 2.25 bits per heavy atom. The van der Waals surface area contributed by atoms with E-state index in [1.165, 1.54) is 5.56 Å². The monoisotopic (exact) mass is 225 g/mol. The third kappa shape index (κ3) is 4.61. The Morgan fingerprint density at radius 3 is 2.94 bits per heavy atom. The van der Waals surface area contributed by atoms with Crippen molar-refractivity contribution >= 4 is 0 Å². The van der Waals surface area contributed by atoms with Crippen LogP contribution in [-0.2, 0) is 6.42 Å². The minimum Gasteiger partial charge on any atom is -0.497 e. The lowest BCUT2D eigenvalue weighted by Gasteiger charge is -2.09. The molecule has 0 saturated carbocycles. The third-order valence-corrected chi connectivity index (χ3v) is 2.32. The fourth-order valence-electron chi connectivity index (χ4n) is 1.39. The number of aliphatic hydroxyl groups is 2. The van der Waals surface area contributed by atoms with E-state index in [9.17, 15) is 0 Å². The van der Waals surface area contributed by atoms with Gasteiger partial charge in [-0.1, -0.05) is 12.1 Å². The summed E-state index contributed by atoms with van der Waals surface area (Å²) in [7, 11) is 1.65. The van der Waals surface area contributed by atoms with E-state index in [1.54, 1.807) is 7.11 Å². The van der Waals surface area contributed by atoms with Gasteiger partial charge in [0.1, 0.15) is 5.75 Å². The molecule has 1 aromatic rings. The van der Waals surface area contributed by atoms with E-state index in [0.717, 1.165) is 18.7 Å². The Kier molecular flexibility index (Phi) is 5.85. The number of hydrogen-bond donors (Lipinski definition) is 3. The summed E-state index contributed by atoms with van der Waals surface area (Å²) in [6.07, 6.45) is 0.195. The molecule has 3 N–H and O–H groups in total. The SMILES string of the molecule is COc1cccc(CCNC[C@H](O)CO)c1. The van der Waals surface area contributed by atoms with E-state index < -0.39 is 6.10 Å². The van der Waals surface area contributed by atoms with Gasteiger partial charge in [-0.2, -0.15) is 0 Å². The van der Waals surface area contributed by atoms with Crippen molar-refractivity contribution in [1.29, 1.82) is 0 Å². The van der Waals surface area contributed by atoms with Gasteiger partial charge >= 0.3 is 0 Å². The number of benzene rings is 1. The lowest BCUT2D eigenvalue weighted by atomic mass is 10.1. The van der Waals surface area contributed by atoms with Gasteiger partial charge in [0.2, 0.25) is 0 Å². The van der Waals surface area contributed by atoms with Crippen molar-refractivity contribution < 1.29 is 14.9 Å². The summed E-state index contributed by atoms with van der Waals surface area (Å²) in [4.78, 5) is 0. The van der Waals surface area contributed by atoms with Crippen molar-refractivity contribution in [2.45, 2.75) is 12.5 Å². The van der Waals surface area contributed by atoms with E-state index in [0.29, 0.717) is 6.54 Å². The Bertz CT molecular complexity index is 304. The van der Waals surface area contributed by atoms with Crippen molar-refractivity contribution in [1.82, 2.24) is 5.32 Å². The molecular formula is C12H19NO3. The van der Waals surface area contributed by atoms with Crippen LogP contribution in [0.15, 0.2) is 24.3 Å². The van der Waals surface area contributed by atoms with Crippen LogP contribution in [0.3, 0.4) is 0 Å². The van der Waals surface area contributed by atoms with E-state index >= 15 is 0 Å². The summed E-state index contributed by atoms with van der Waals surface area (Å²) in [6.45, 7) is 0.983. The van der Waals surface area contributed by atoms with Gasteiger partial charge in [0.05, 0.1) is 19.8 Å². The second-order valence-corrected chi connectivity index (χ2v) is 3.64. The topological polar surface area (TPSA) is 61.7 Å². The molecule has 0 aromatic heterocycles. The predicted octanol–water partition coefficient (Wildman–Crippen LogP) is 0.180. The fourth-order valence-corrected chi connectivity index (χ4v) is 1.39. The zero-order chi connectivity index (χ0) is 11.8. The van der Waals surface area contributed by atoms with Gasteiger partial charge in [-0.15, -0.1) is 0 Å². The molecule has 1 aromatic carbocycles. The molecule has 16 heavy (non-hydrogen) atoms. The molecule has 0 aliphatic carbocycles. The van der Waals surface area contributed by atoms with Gasteiger partial charge in [-0.05, 0) is 30.7 Å².